The Balaban J connectivity index is 2.82. The third-order valence-corrected chi connectivity index (χ3v) is 1.33. The van der Waals surface area contributed by atoms with Crippen LogP contribution >= 0.6 is 27.5 Å². The normalized spacial score (nSPS) is 8.86. The van der Waals surface area contributed by atoms with Crippen LogP contribution in [-0.2, 0) is 0 Å². The number of hydrogen-bond acceptors (Lipinski definition) is 0. The molecule has 0 rings (SSSR count). The van der Waals surface area contributed by atoms with Gasteiger partial charge in [-0.25, -0.2) is 0 Å². The van der Waals surface area contributed by atoms with Gasteiger partial charge in [0, 0.05) is 10.4 Å². The van der Waals surface area contributed by atoms with Crippen LogP contribution in [0.2, 0.25) is 0 Å². The molecule has 0 radical (unpaired) electrons. The minimum atomic E-state index is 0.749. The molecule has 0 fully saturated rings. The smallest absolute Gasteiger partial charge is 0.0109 e. The van der Waals surface area contributed by atoms with Crippen molar-refractivity contribution in [3.63, 3.8) is 0 Å². The zero-order chi connectivity index (χ0) is 5.70. The first kappa shape index (κ1) is 7.51. The highest BCUT2D eigenvalue weighted by Gasteiger charge is 1.84. The van der Waals surface area contributed by atoms with E-state index in [1.54, 1.807) is 0 Å². The van der Waals surface area contributed by atoms with Crippen LogP contribution in [0.1, 0.15) is 12.8 Å². The van der Waals surface area contributed by atoms with Gasteiger partial charge in [0.2, 0.25) is 0 Å². The Morgan fingerprint density at radius 2 is 2.29 bits per heavy atom. The zero-order valence-electron chi connectivity index (χ0n) is 4.08. The first-order chi connectivity index (χ1) is 3.27. The van der Waals surface area contributed by atoms with Gasteiger partial charge >= 0.3 is 0 Å². The first-order valence-electron chi connectivity index (χ1n) is 2.16. The molecule has 0 saturated carbocycles. The van der Waals surface area contributed by atoms with Gasteiger partial charge in [0.15, 0.2) is 0 Å². The van der Waals surface area contributed by atoms with Gasteiger partial charge in [-0.05, 0) is 12.8 Å². The van der Waals surface area contributed by atoms with Crippen molar-refractivity contribution in [2.45, 2.75) is 12.8 Å². The van der Waals surface area contributed by atoms with E-state index < -0.39 is 0 Å². The molecule has 0 unspecified atom stereocenters. The van der Waals surface area contributed by atoms with Crippen molar-refractivity contribution < 1.29 is 0 Å². The van der Waals surface area contributed by atoms with Crippen LogP contribution in [-0.4, -0.2) is 5.33 Å². The molecule has 0 nitrogen and oxygen atoms in total. The molecule has 0 aliphatic rings. The summed E-state index contributed by atoms with van der Waals surface area (Å²) in [6.45, 7) is 3.54. The summed E-state index contributed by atoms with van der Waals surface area (Å²) >= 11 is 8.72. The van der Waals surface area contributed by atoms with E-state index in [1.165, 1.54) is 0 Å². The van der Waals surface area contributed by atoms with Crippen LogP contribution in [0, 0.1) is 0 Å². The Kier molecular flexibility index (Phi) is 5.00. The average molecular weight is 183 g/mol. The predicted molar refractivity (Wildman–Crippen MR) is 38.0 cm³/mol. The van der Waals surface area contributed by atoms with E-state index in [1.807, 2.05) is 0 Å². The molecular formula is C5H8BrCl. The summed E-state index contributed by atoms with van der Waals surface area (Å²) in [5.41, 5.74) is 0. The van der Waals surface area contributed by atoms with Gasteiger partial charge in [0.25, 0.3) is 0 Å². The minimum absolute atomic E-state index is 0.749. The number of hydrogen-bond donors (Lipinski definition) is 0. The van der Waals surface area contributed by atoms with Gasteiger partial charge < -0.3 is 0 Å². The number of allylic oxidation sites excluding steroid dienone is 1. The van der Waals surface area contributed by atoms with Crippen LogP contribution < -0.4 is 0 Å². The highest BCUT2D eigenvalue weighted by molar-refractivity contribution is 9.09. The molecule has 0 bridgehead atoms. The maximum atomic E-state index is 5.44. The van der Waals surface area contributed by atoms with Crippen LogP contribution in [0.4, 0.5) is 0 Å². The third kappa shape index (κ3) is 6.51. The molecule has 2 heteroatoms. The fraction of sp³-hybridized carbons (Fsp3) is 0.600. The van der Waals surface area contributed by atoms with E-state index in [2.05, 4.69) is 22.5 Å². The summed E-state index contributed by atoms with van der Waals surface area (Å²) in [5.74, 6) is 0. The standard InChI is InChI=1S/C5H8BrCl/c1-5(7)3-2-4-6/h1-4H2. The van der Waals surface area contributed by atoms with E-state index in [-0.39, 0.29) is 0 Å². The van der Waals surface area contributed by atoms with E-state index in [9.17, 15) is 0 Å². The third-order valence-electron chi connectivity index (χ3n) is 0.582. The summed E-state index contributed by atoms with van der Waals surface area (Å²) < 4.78 is 0. The summed E-state index contributed by atoms with van der Waals surface area (Å²) in [4.78, 5) is 0. The van der Waals surface area contributed by atoms with Crippen LogP contribution in [0.15, 0.2) is 11.6 Å². The number of halogens is 2. The topological polar surface area (TPSA) is 0 Å². The lowest BCUT2D eigenvalue weighted by atomic mass is 10.3. The molecule has 0 spiro atoms. The lowest BCUT2D eigenvalue weighted by Gasteiger charge is -1.88. The SMILES string of the molecule is C=C(Cl)CCCBr. The van der Waals surface area contributed by atoms with E-state index in [0.29, 0.717) is 0 Å². The largest absolute Gasteiger partial charge is 0.0928 e. The van der Waals surface area contributed by atoms with Crippen LogP contribution in [0.5, 0.6) is 0 Å². The van der Waals surface area contributed by atoms with Crippen molar-refractivity contribution in [3.8, 4) is 0 Å². The Hall–Kier alpha value is 0.510. The maximum absolute atomic E-state index is 5.44. The second-order valence-corrected chi connectivity index (χ2v) is 2.64. The molecule has 0 heterocycles. The maximum Gasteiger partial charge on any atom is 0.0109 e. The van der Waals surface area contributed by atoms with Crippen molar-refractivity contribution in [1.82, 2.24) is 0 Å². The van der Waals surface area contributed by atoms with E-state index in [4.69, 9.17) is 11.6 Å². The lowest BCUT2D eigenvalue weighted by Crippen LogP contribution is -1.72. The molecule has 0 aliphatic heterocycles. The van der Waals surface area contributed by atoms with Gasteiger partial charge in [0.1, 0.15) is 0 Å². The number of rotatable bonds is 3. The first-order valence-corrected chi connectivity index (χ1v) is 3.66. The molecule has 0 N–H and O–H groups in total. The van der Waals surface area contributed by atoms with Crippen molar-refractivity contribution >= 4 is 27.5 Å². The number of alkyl halides is 1. The van der Waals surface area contributed by atoms with Crippen molar-refractivity contribution in [2.24, 2.45) is 0 Å². The molecular weight excluding hydrogens is 175 g/mol. The summed E-state index contributed by atoms with van der Waals surface area (Å²) in [7, 11) is 0. The van der Waals surface area contributed by atoms with Gasteiger partial charge in [-0.2, -0.15) is 0 Å². The molecule has 0 atom stereocenters. The average Bonchev–Trinajstić information content (AvgIpc) is 1.61. The fourth-order valence-electron chi connectivity index (χ4n) is 0.259. The monoisotopic (exact) mass is 182 g/mol. The van der Waals surface area contributed by atoms with E-state index >= 15 is 0 Å². The Bertz CT molecular complexity index is 61.1. The molecule has 0 aromatic rings. The quantitative estimate of drug-likeness (QED) is 0.590. The Morgan fingerprint density at radius 1 is 1.71 bits per heavy atom. The summed E-state index contributed by atoms with van der Waals surface area (Å²) in [6.07, 6.45) is 2.01. The van der Waals surface area contributed by atoms with Crippen molar-refractivity contribution in [2.75, 3.05) is 5.33 Å². The Labute approximate surface area is 57.7 Å². The van der Waals surface area contributed by atoms with E-state index in [0.717, 1.165) is 23.2 Å². The second-order valence-electron chi connectivity index (χ2n) is 1.31. The molecule has 7 heavy (non-hydrogen) atoms. The van der Waals surface area contributed by atoms with Gasteiger partial charge in [0.05, 0.1) is 0 Å². The van der Waals surface area contributed by atoms with Gasteiger partial charge in [-0.1, -0.05) is 34.1 Å². The van der Waals surface area contributed by atoms with Crippen LogP contribution in [0.3, 0.4) is 0 Å². The fourth-order valence-corrected chi connectivity index (χ4v) is 0.673. The summed E-state index contributed by atoms with van der Waals surface area (Å²) in [5, 5.41) is 1.76. The highest BCUT2D eigenvalue weighted by atomic mass is 79.9. The van der Waals surface area contributed by atoms with Gasteiger partial charge in [-0.3, -0.25) is 0 Å². The highest BCUT2D eigenvalue weighted by Crippen LogP contribution is 2.06. The molecule has 42 valence electrons. The molecule has 0 aromatic carbocycles. The predicted octanol–water partition coefficient (Wildman–Crippen LogP) is 2.91. The Morgan fingerprint density at radius 3 is 2.43 bits per heavy atom. The second kappa shape index (κ2) is 4.66. The molecule has 0 saturated heterocycles. The van der Waals surface area contributed by atoms with Crippen molar-refractivity contribution in [1.29, 1.82) is 0 Å². The minimum Gasteiger partial charge on any atom is -0.0928 e. The molecule has 0 amide bonds. The summed E-state index contributed by atoms with van der Waals surface area (Å²) in [6, 6.07) is 0. The zero-order valence-corrected chi connectivity index (χ0v) is 6.43. The molecule has 0 aliphatic carbocycles. The molecule has 0 aromatic heterocycles. The van der Waals surface area contributed by atoms with Crippen LogP contribution in [0.25, 0.3) is 0 Å². The van der Waals surface area contributed by atoms with Gasteiger partial charge in [-0.15, -0.1) is 0 Å². The van der Waals surface area contributed by atoms with Crippen molar-refractivity contribution in [3.05, 3.63) is 11.6 Å². The lowest BCUT2D eigenvalue weighted by molar-refractivity contribution is 0.967.